The Morgan fingerprint density at radius 3 is 1.45 bits per heavy atom. The van der Waals surface area contributed by atoms with E-state index in [0.717, 1.165) is 77.0 Å². The van der Waals surface area contributed by atoms with Crippen molar-refractivity contribution in [2.24, 2.45) is 0 Å². The van der Waals surface area contributed by atoms with Crippen molar-refractivity contribution >= 4 is 5.91 Å². The van der Waals surface area contributed by atoms with E-state index in [1.807, 2.05) is 6.08 Å². The summed E-state index contributed by atoms with van der Waals surface area (Å²) in [5, 5.41) is 119. The van der Waals surface area contributed by atoms with Crippen molar-refractivity contribution in [1.82, 2.24) is 5.32 Å². The number of rotatable bonds is 34. The first-order valence-electron chi connectivity index (χ1n) is 25.1. The average Bonchev–Trinajstić information content (AvgIpc) is 3.32. The monoisotopic (exact) mass is 966 g/mol. The molecule has 17 unspecified atom stereocenters. The summed E-state index contributed by atoms with van der Waals surface area (Å²) in [5.41, 5.74) is 0. The van der Waals surface area contributed by atoms with E-state index in [4.69, 9.17) is 28.4 Å². The van der Waals surface area contributed by atoms with Crippen molar-refractivity contribution in [3.8, 4) is 0 Å². The SMILES string of the molecule is CCCCCCC/C=C/C(O)C(COC1OC(CO)C(OC2OC(CO)C(OC3OC(CO)C(O)C(O)C3O)C(O)C2O)C(O)C1O)NC(=O)CCCCCCC/C=C\CCCCCCCC. The zero-order valence-corrected chi connectivity index (χ0v) is 39.9. The number of aliphatic hydroxyl groups excluding tert-OH is 11. The molecule has 19 nitrogen and oxygen atoms in total. The highest BCUT2D eigenvalue weighted by molar-refractivity contribution is 5.76. The number of unbranched alkanes of at least 4 members (excludes halogenated alkanes) is 16. The smallest absolute Gasteiger partial charge is 0.220 e. The van der Waals surface area contributed by atoms with E-state index in [1.54, 1.807) is 6.08 Å². The molecular formula is C48H87NO18. The standard InChI is InChI=1S/C48H87NO18/c1-3-5-7-9-11-12-13-14-15-16-17-18-20-22-24-26-36(54)49-31(32(53)25-23-21-19-10-8-6-4-2)30-62-46-42(60)39(57)44(34(28-51)64-46)67-48-43(61)40(58)45(35(29-52)65-48)66-47-41(59)38(56)37(55)33(27-50)63-47/h14-15,23,25,31-35,37-48,50-53,55-61H,3-13,16-22,24,26-30H2,1-2H3,(H,49,54)/b15-14-,25-23+. The third-order valence-electron chi connectivity index (χ3n) is 12.7. The molecule has 17 atom stereocenters. The summed E-state index contributed by atoms with van der Waals surface area (Å²) in [5.74, 6) is -0.291. The predicted molar refractivity (Wildman–Crippen MR) is 245 cm³/mol. The molecule has 0 radical (unpaired) electrons. The molecule has 0 spiro atoms. The first-order valence-corrected chi connectivity index (χ1v) is 25.1. The first kappa shape index (κ1) is 59.6. The molecule has 0 aliphatic carbocycles. The molecule has 67 heavy (non-hydrogen) atoms. The molecule has 0 aromatic carbocycles. The third-order valence-corrected chi connectivity index (χ3v) is 12.7. The van der Waals surface area contributed by atoms with E-state index in [2.05, 4.69) is 31.3 Å². The number of nitrogens with one attached hydrogen (secondary N) is 1. The van der Waals surface area contributed by atoms with Gasteiger partial charge in [0, 0.05) is 6.42 Å². The minimum Gasteiger partial charge on any atom is -0.394 e. The van der Waals surface area contributed by atoms with Crippen molar-refractivity contribution in [3.63, 3.8) is 0 Å². The van der Waals surface area contributed by atoms with Gasteiger partial charge < -0.3 is 89.9 Å². The van der Waals surface area contributed by atoms with Crippen LogP contribution in [0.15, 0.2) is 24.3 Å². The summed E-state index contributed by atoms with van der Waals surface area (Å²) < 4.78 is 34.0. The fourth-order valence-electron chi connectivity index (χ4n) is 8.48. The molecule has 0 saturated carbocycles. The summed E-state index contributed by atoms with van der Waals surface area (Å²) in [7, 11) is 0. The van der Waals surface area contributed by atoms with Gasteiger partial charge in [-0.1, -0.05) is 115 Å². The summed E-state index contributed by atoms with van der Waals surface area (Å²) in [6.07, 6.45) is 2.20. The van der Waals surface area contributed by atoms with Crippen LogP contribution in [0.4, 0.5) is 0 Å². The maximum absolute atomic E-state index is 13.1. The lowest BCUT2D eigenvalue weighted by Crippen LogP contribution is -2.66. The van der Waals surface area contributed by atoms with E-state index >= 15 is 0 Å². The molecule has 12 N–H and O–H groups in total. The van der Waals surface area contributed by atoms with Crippen molar-refractivity contribution in [2.75, 3.05) is 26.4 Å². The third kappa shape index (κ3) is 20.1. The number of hydrogen-bond donors (Lipinski definition) is 12. The Bertz CT molecular complexity index is 1340. The number of aliphatic hydroxyl groups is 11. The van der Waals surface area contributed by atoms with Gasteiger partial charge in [-0.2, -0.15) is 0 Å². The first-order chi connectivity index (χ1) is 32.3. The number of carbonyl (C=O) groups excluding carboxylic acids is 1. The van der Waals surface area contributed by atoms with Crippen LogP contribution in [-0.2, 0) is 33.2 Å². The fourth-order valence-corrected chi connectivity index (χ4v) is 8.48. The molecule has 19 heteroatoms. The lowest BCUT2D eigenvalue weighted by atomic mass is 9.96. The van der Waals surface area contributed by atoms with Crippen molar-refractivity contribution in [2.45, 2.75) is 247 Å². The minimum atomic E-state index is -1.97. The Kier molecular flexibility index (Phi) is 30.0. The Balaban J connectivity index is 1.54. The number of amides is 1. The molecule has 3 rings (SSSR count). The molecule has 392 valence electrons. The second-order valence-corrected chi connectivity index (χ2v) is 18.3. The second-order valence-electron chi connectivity index (χ2n) is 18.3. The molecule has 0 bridgehead atoms. The number of ether oxygens (including phenoxy) is 6. The fraction of sp³-hybridized carbons (Fsp3) is 0.896. The maximum Gasteiger partial charge on any atom is 0.220 e. The highest BCUT2D eigenvalue weighted by atomic mass is 16.8. The van der Waals surface area contributed by atoms with Gasteiger partial charge in [0.2, 0.25) is 5.91 Å². The zero-order valence-electron chi connectivity index (χ0n) is 39.9. The van der Waals surface area contributed by atoms with E-state index in [0.29, 0.717) is 6.42 Å². The van der Waals surface area contributed by atoms with E-state index in [-0.39, 0.29) is 18.9 Å². The molecular weight excluding hydrogens is 879 g/mol. The largest absolute Gasteiger partial charge is 0.394 e. The lowest BCUT2D eigenvalue weighted by Gasteiger charge is -2.48. The molecule has 1 amide bonds. The topological polar surface area (TPSA) is 307 Å². The van der Waals surface area contributed by atoms with Gasteiger partial charge in [0.15, 0.2) is 18.9 Å². The van der Waals surface area contributed by atoms with Crippen molar-refractivity contribution < 1.29 is 89.4 Å². The highest BCUT2D eigenvalue weighted by Crippen LogP contribution is 2.33. The number of carbonyl (C=O) groups is 1. The predicted octanol–water partition coefficient (Wildman–Crippen LogP) is 1.25. The summed E-state index contributed by atoms with van der Waals surface area (Å²) in [6, 6.07) is -0.970. The van der Waals surface area contributed by atoms with E-state index in [9.17, 15) is 61.0 Å². The lowest BCUT2D eigenvalue weighted by molar-refractivity contribution is -0.379. The molecule has 3 aliphatic heterocycles. The summed E-state index contributed by atoms with van der Waals surface area (Å²) in [6.45, 7) is 1.59. The maximum atomic E-state index is 13.1. The number of allylic oxidation sites excluding steroid dienone is 3. The molecule has 3 aliphatic rings. The molecule has 0 aromatic rings. The molecule has 3 heterocycles. The van der Waals surface area contributed by atoms with Crippen LogP contribution in [0.2, 0.25) is 0 Å². The van der Waals surface area contributed by atoms with Crippen molar-refractivity contribution in [3.05, 3.63) is 24.3 Å². The molecule has 3 fully saturated rings. The van der Waals surface area contributed by atoms with Crippen LogP contribution in [0.3, 0.4) is 0 Å². The van der Waals surface area contributed by atoms with E-state index in [1.165, 1.54) is 38.5 Å². The van der Waals surface area contributed by atoms with Crippen molar-refractivity contribution in [1.29, 1.82) is 0 Å². The Morgan fingerprint density at radius 2 is 0.940 bits per heavy atom. The van der Waals surface area contributed by atoms with Gasteiger partial charge in [-0.15, -0.1) is 0 Å². The summed E-state index contributed by atoms with van der Waals surface area (Å²) in [4.78, 5) is 13.1. The van der Waals surface area contributed by atoms with Crippen LogP contribution in [0, 0.1) is 0 Å². The van der Waals surface area contributed by atoms with Crippen LogP contribution < -0.4 is 5.32 Å². The van der Waals surface area contributed by atoms with E-state index < -0.39 is 124 Å². The molecule has 0 aromatic heterocycles. The second kappa shape index (κ2) is 33.8. The normalized spacial score (nSPS) is 33.7. The quantitative estimate of drug-likeness (QED) is 0.0319. The van der Waals surface area contributed by atoms with Crippen LogP contribution in [0.25, 0.3) is 0 Å². The van der Waals surface area contributed by atoms with Crippen LogP contribution in [0.5, 0.6) is 0 Å². The average molecular weight is 966 g/mol. The Morgan fingerprint density at radius 1 is 0.522 bits per heavy atom. The van der Waals surface area contributed by atoms with Gasteiger partial charge in [0.1, 0.15) is 73.2 Å². The van der Waals surface area contributed by atoms with Crippen LogP contribution in [-0.4, -0.2) is 193 Å². The Hall–Kier alpha value is -1.73. The highest BCUT2D eigenvalue weighted by Gasteiger charge is 2.53. The minimum absolute atomic E-state index is 0.233. The van der Waals surface area contributed by atoms with Crippen LogP contribution in [0.1, 0.15) is 142 Å². The van der Waals surface area contributed by atoms with Gasteiger partial charge in [-0.05, 0) is 44.9 Å². The zero-order chi connectivity index (χ0) is 49.1. The van der Waals surface area contributed by atoms with Gasteiger partial charge in [0.05, 0.1) is 38.6 Å². The van der Waals surface area contributed by atoms with Gasteiger partial charge >= 0.3 is 0 Å². The number of hydrogen-bond acceptors (Lipinski definition) is 18. The Labute approximate surface area is 397 Å². The van der Waals surface area contributed by atoms with Crippen LogP contribution >= 0.6 is 0 Å². The molecule has 3 saturated heterocycles. The van der Waals surface area contributed by atoms with Gasteiger partial charge in [-0.3, -0.25) is 4.79 Å². The van der Waals surface area contributed by atoms with Gasteiger partial charge in [-0.25, -0.2) is 0 Å². The summed E-state index contributed by atoms with van der Waals surface area (Å²) >= 11 is 0. The van der Waals surface area contributed by atoms with Gasteiger partial charge in [0.25, 0.3) is 0 Å².